The molecule has 7 heteroatoms. The van der Waals surface area contributed by atoms with Gasteiger partial charge in [0.15, 0.2) is 5.11 Å². The van der Waals surface area contributed by atoms with Gasteiger partial charge in [0, 0.05) is 11.1 Å². The van der Waals surface area contributed by atoms with Gasteiger partial charge in [-0.3, -0.25) is 5.43 Å². The molecular formula is C13H14N4OS2. The first-order valence-electron chi connectivity index (χ1n) is 5.83. The number of hydrazone groups is 1. The number of thiocarbonyl (C=S) groups is 1. The summed E-state index contributed by atoms with van der Waals surface area (Å²) in [5.74, 6) is 0.798. The molecule has 0 fully saturated rings. The number of hydrogen-bond acceptors (Lipinski definition) is 5. The SMILES string of the molecule is COc1ccc(NC(=S)N/N=C\c2csc(C)n2)cc1. The van der Waals surface area contributed by atoms with Crippen LogP contribution in [0.3, 0.4) is 0 Å². The topological polar surface area (TPSA) is 58.5 Å². The van der Waals surface area contributed by atoms with E-state index in [2.05, 4.69) is 20.8 Å². The van der Waals surface area contributed by atoms with Gasteiger partial charge in [0.05, 0.1) is 24.0 Å². The second kappa shape index (κ2) is 6.97. The largest absolute Gasteiger partial charge is 0.497 e. The quantitative estimate of drug-likeness (QED) is 0.517. The fourth-order valence-corrected chi connectivity index (χ4v) is 2.16. The molecule has 0 saturated heterocycles. The van der Waals surface area contributed by atoms with E-state index in [1.165, 1.54) is 0 Å². The molecule has 0 unspecified atom stereocenters. The zero-order valence-electron chi connectivity index (χ0n) is 11.1. The van der Waals surface area contributed by atoms with E-state index >= 15 is 0 Å². The summed E-state index contributed by atoms with van der Waals surface area (Å²) in [6.45, 7) is 1.95. The summed E-state index contributed by atoms with van der Waals surface area (Å²) in [5.41, 5.74) is 4.42. The maximum absolute atomic E-state index is 5.13. The fraction of sp³-hybridized carbons (Fsp3) is 0.154. The highest BCUT2D eigenvalue weighted by molar-refractivity contribution is 7.80. The van der Waals surface area contributed by atoms with E-state index in [9.17, 15) is 0 Å². The second-order valence-corrected chi connectivity index (χ2v) is 5.31. The van der Waals surface area contributed by atoms with Gasteiger partial charge >= 0.3 is 0 Å². The molecule has 0 radical (unpaired) electrons. The number of hydrogen-bond donors (Lipinski definition) is 2. The number of rotatable bonds is 4. The molecule has 1 heterocycles. The molecule has 0 aliphatic carbocycles. The lowest BCUT2D eigenvalue weighted by molar-refractivity contribution is 0.415. The summed E-state index contributed by atoms with van der Waals surface area (Å²) in [6.07, 6.45) is 1.63. The monoisotopic (exact) mass is 306 g/mol. The number of nitrogens with zero attached hydrogens (tertiary/aromatic N) is 2. The summed E-state index contributed by atoms with van der Waals surface area (Å²) in [4.78, 5) is 4.26. The van der Waals surface area contributed by atoms with Crippen LogP contribution in [-0.4, -0.2) is 23.4 Å². The van der Waals surface area contributed by atoms with Gasteiger partial charge in [-0.15, -0.1) is 11.3 Å². The first-order valence-corrected chi connectivity index (χ1v) is 7.12. The molecule has 0 saturated carbocycles. The van der Waals surface area contributed by atoms with E-state index in [0.717, 1.165) is 22.1 Å². The second-order valence-electron chi connectivity index (χ2n) is 3.84. The molecule has 2 N–H and O–H groups in total. The Kier molecular flexibility index (Phi) is 5.03. The molecule has 0 aliphatic rings. The molecule has 2 rings (SSSR count). The maximum Gasteiger partial charge on any atom is 0.191 e. The average molecular weight is 306 g/mol. The van der Waals surface area contributed by atoms with E-state index in [1.807, 2.05) is 36.6 Å². The zero-order valence-corrected chi connectivity index (χ0v) is 12.7. The number of aryl methyl sites for hydroxylation is 1. The van der Waals surface area contributed by atoms with Gasteiger partial charge in [0.2, 0.25) is 0 Å². The summed E-state index contributed by atoms with van der Waals surface area (Å²) >= 11 is 6.71. The van der Waals surface area contributed by atoms with Crippen molar-refractivity contribution >= 4 is 40.6 Å². The minimum absolute atomic E-state index is 0.415. The first kappa shape index (κ1) is 14.4. The lowest BCUT2D eigenvalue weighted by Crippen LogP contribution is -2.23. The Balaban J connectivity index is 1.84. The van der Waals surface area contributed by atoms with Gasteiger partial charge < -0.3 is 10.1 Å². The van der Waals surface area contributed by atoms with Crippen molar-refractivity contribution in [3.8, 4) is 5.75 Å². The average Bonchev–Trinajstić information content (AvgIpc) is 2.85. The molecular weight excluding hydrogens is 292 g/mol. The smallest absolute Gasteiger partial charge is 0.191 e. The number of ether oxygens (including phenoxy) is 1. The van der Waals surface area contributed by atoms with Crippen LogP contribution in [0.25, 0.3) is 0 Å². The van der Waals surface area contributed by atoms with Crippen LogP contribution in [-0.2, 0) is 0 Å². The Labute approximate surface area is 126 Å². The van der Waals surface area contributed by atoms with Crippen LogP contribution in [0.4, 0.5) is 5.69 Å². The van der Waals surface area contributed by atoms with Crippen LogP contribution in [0, 0.1) is 6.92 Å². The minimum atomic E-state index is 0.415. The first-order chi connectivity index (χ1) is 9.67. The maximum atomic E-state index is 5.13. The molecule has 0 atom stereocenters. The summed E-state index contributed by atoms with van der Waals surface area (Å²) < 4.78 is 5.08. The molecule has 0 bridgehead atoms. The Morgan fingerprint density at radius 3 is 2.75 bits per heavy atom. The third-order valence-electron chi connectivity index (χ3n) is 2.35. The molecule has 1 aromatic carbocycles. The molecule has 20 heavy (non-hydrogen) atoms. The Morgan fingerprint density at radius 1 is 1.40 bits per heavy atom. The Bertz CT molecular complexity index is 607. The minimum Gasteiger partial charge on any atom is -0.497 e. The van der Waals surface area contributed by atoms with Crippen LogP contribution in [0.2, 0.25) is 0 Å². The number of thiazole rings is 1. The fourth-order valence-electron chi connectivity index (χ4n) is 1.43. The lowest BCUT2D eigenvalue weighted by atomic mass is 10.3. The third kappa shape index (κ3) is 4.29. The van der Waals surface area contributed by atoms with Crippen molar-refractivity contribution in [3.63, 3.8) is 0 Å². The number of aromatic nitrogens is 1. The van der Waals surface area contributed by atoms with Crippen LogP contribution >= 0.6 is 23.6 Å². The van der Waals surface area contributed by atoms with Crippen LogP contribution in [0.15, 0.2) is 34.7 Å². The molecule has 5 nitrogen and oxygen atoms in total. The van der Waals surface area contributed by atoms with Crippen molar-refractivity contribution < 1.29 is 4.74 Å². The van der Waals surface area contributed by atoms with Crippen LogP contribution in [0.1, 0.15) is 10.7 Å². The standard InChI is InChI=1S/C13H14N4OS2/c1-9-15-11(8-20-9)7-14-17-13(19)16-10-3-5-12(18-2)6-4-10/h3-8H,1-2H3,(H2,16,17,19)/b14-7-. The zero-order chi connectivity index (χ0) is 14.4. The van der Waals surface area contributed by atoms with Crippen molar-refractivity contribution in [3.05, 3.63) is 40.3 Å². The summed E-state index contributed by atoms with van der Waals surface area (Å²) in [5, 5.41) is 10.4. The number of benzene rings is 1. The van der Waals surface area contributed by atoms with Crippen molar-refractivity contribution in [2.75, 3.05) is 12.4 Å². The van der Waals surface area contributed by atoms with Gasteiger partial charge in [-0.25, -0.2) is 4.98 Å². The Hall–Kier alpha value is -1.99. The number of nitrogens with one attached hydrogen (secondary N) is 2. The third-order valence-corrected chi connectivity index (χ3v) is 3.33. The molecule has 0 aliphatic heterocycles. The number of methoxy groups -OCH3 is 1. The predicted molar refractivity (Wildman–Crippen MR) is 86.8 cm³/mol. The van der Waals surface area contributed by atoms with E-state index in [-0.39, 0.29) is 0 Å². The highest BCUT2D eigenvalue weighted by atomic mass is 32.1. The molecule has 1 aromatic heterocycles. The van der Waals surface area contributed by atoms with Crippen LogP contribution < -0.4 is 15.5 Å². The van der Waals surface area contributed by atoms with E-state index < -0.39 is 0 Å². The van der Waals surface area contributed by atoms with Crippen molar-refractivity contribution in [1.29, 1.82) is 0 Å². The van der Waals surface area contributed by atoms with Gasteiger partial charge in [-0.1, -0.05) is 0 Å². The van der Waals surface area contributed by atoms with Crippen LogP contribution in [0.5, 0.6) is 5.75 Å². The molecule has 2 aromatic rings. The van der Waals surface area contributed by atoms with Gasteiger partial charge in [0.1, 0.15) is 5.75 Å². The highest BCUT2D eigenvalue weighted by Gasteiger charge is 1.97. The van der Waals surface area contributed by atoms with E-state index in [1.54, 1.807) is 24.7 Å². The normalized spacial score (nSPS) is 10.5. The summed E-state index contributed by atoms with van der Waals surface area (Å²) in [6, 6.07) is 7.46. The highest BCUT2D eigenvalue weighted by Crippen LogP contribution is 2.14. The predicted octanol–water partition coefficient (Wildman–Crippen LogP) is 2.78. The molecule has 104 valence electrons. The van der Waals surface area contributed by atoms with Gasteiger partial charge in [0.25, 0.3) is 0 Å². The van der Waals surface area contributed by atoms with Crippen molar-refractivity contribution in [1.82, 2.24) is 10.4 Å². The number of anilines is 1. The van der Waals surface area contributed by atoms with Gasteiger partial charge in [-0.2, -0.15) is 5.10 Å². The van der Waals surface area contributed by atoms with Gasteiger partial charge in [-0.05, 0) is 43.4 Å². The molecule has 0 spiro atoms. The van der Waals surface area contributed by atoms with Crippen molar-refractivity contribution in [2.45, 2.75) is 6.92 Å². The Morgan fingerprint density at radius 2 is 2.15 bits per heavy atom. The van der Waals surface area contributed by atoms with Crippen molar-refractivity contribution in [2.24, 2.45) is 5.10 Å². The lowest BCUT2D eigenvalue weighted by Gasteiger charge is -2.07. The van der Waals surface area contributed by atoms with E-state index in [0.29, 0.717) is 5.11 Å². The van der Waals surface area contributed by atoms with E-state index in [4.69, 9.17) is 17.0 Å². The molecule has 0 amide bonds. The summed E-state index contributed by atoms with van der Waals surface area (Å²) in [7, 11) is 1.63.